The number of hydrogen-bond acceptors (Lipinski definition) is 4. The highest BCUT2D eigenvalue weighted by atomic mass is 16.5. The average molecular weight is 265 g/mol. The normalized spacial score (nSPS) is 13.7. The number of allylic oxidation sites excluding steroid dienone is 2. The van der Waals surface area contributed by atoms with Crippen molar-refractivity contribution in [2.45, 2.75) is 0 Å². The summed E-state index contributed by atoms with van der Waals surface area (Å²) in [6.45, 7) is 0. The molecule has 2 aromatic rings. The zero-order chi connectivity index (χ0) is 14.1. The molecule has 0 atom stereocenters. The molecular weight excluding hydrogens is 254 g/mol. The molecule has 1 aliphatic carbocycles. The predicted molar refractivity (Wildman–Crippen MR) is 74.7 cm³/mol. The Balaban J connectivity index is 1.94. The number of nitrogen functional groups attached to an aromatic ring is 1. The maximum Gasteiger partial charge on any atom is 0.229 e. The predicted octanol–water partition coefficient (Wildman–Crippen LogP) is 2.61. The van der Waals surface area contributed by atoms with E-state index in [0.29, 0.717) is 22.6 Å². The fraction of sp³-hybridized carbons (Fsp3) is 0. The molecule has 0 aromatic heterocycles. The van der Waals surface area contributed by atoms with Crippen LogP contribution in [0.4, 0.5) is 5.69 Å². The lowest BCUT2D eigenvalue weighted by atomic mass is 9.94. The summed E-state index contributed by atoms with van der Waals surface area (Å²) in [5, 5.41) is 0. The summed E-state index contributed by atoms with van der Waals surface area (Å²) < 4.78 is 5.49. The van der Waals surface area contributed by atoms with Crippen LogP contribution >= 0.6 is 0 Å². The largest absolute Gasteiger partial charge is 0.453 e. The van der Waals surface area contributed by atoms with E-state index >= 15 is 0 Å². The van der Waals surface area contributed by atoms with Crippen LogP contribution in [0.25, 0.3) is 0 Å². The van der Waals surface area contributed by atoms with Crippen LogP contribution in [-0.4, -0.2) is 11.6 Å². The zero-order valence-corrected chi connectivity index (χ0v) is 10.5. The highest BCUT2D eigenvalue weighted by molar-refractivity contribution is 6.23. The van der Waals surface area contributed by atoms with Gasteiger partial charge in [0.25, 0.3) is 0 Å². The number of benzene rings is 2. The Morgan fingerprint density at radius 1 is 0.850 bits per heavy atom. The Bertz CT molecular complexity index is 730. The maximum atomic E-state index is 12.3. The monoisotopic (exact) mass is 265 g/mol. The van der Waals surface area contributed by atoms with Crippen LogP contribution in [0.5, 0.6) is 5.75 Å². The first kappa shape index (κ1) is 12.2. The van der Waals surface area contributed by atoms with E-state index in [9.17, 15) is 9.59 Å². The van der Waals surface area contributed by atoms with Gasteiger partial charge in [-0.05, 0) is 24.3 Å². The Labute approximate surface area is 115 Å². The molecule has 4 nitrogen and oxygen atoms in total. The van der Waals surface area contributed by atoms with Gasteiger partial charge in [-0.25, -0.2) is 0 Å². The van der Waals surface area contributed by atoms with Crippen molar-refractivity contribution in [1.29, 1.82) is 0 Å². The van der Waals surface area contributed by atoms with Crippen molar-refractivity contribution in [3.8, 4) is 5.75 Å². The lowest BCUT2D eigenvalue weighted by Gasteiger charge is -2.15. The van der Waals surface area contributed by atoms with Crippen molar-refractivity contribution in [2.75, 3.05) is 5.73 Å². The van der Waals surface area contributed by atoms with Gasteiger partial charge in [0.15, 0.2) is 11.5 Å². The molecule has 0 fully saturated rings. The van der Waals surface area contributed by atoms with E-state index in [-0.39, 0.29) is 17.3 Å². The number of rotatable bonds is 2. The van der Waals surface area contributed by atoms with E-state index in [1.165, 1.54) is 6.08 Å². The Hall–Kier alpha value is -2.88. The zero-order valence-electron chi connectivity index (χ0n) is 10.5. The van der Waals surface area contributed by atoms with Crippen molar-refractivity contribution in [2.24, 2.45) is 0 Å². The number of Topliss-reactive ketones (excluding diaryl/α,β-unsaturated/α-hetero) is 1. The van der Waals surface area contributed by atoms with Crippen molar-refractivity contribution in [3.63, 3.8) is 0 Å². The van der Waals surface area contributed by atoms with Gasteiger partial charge < -0.3 is 10.5 Å². The molecule has 0 saturated carbocycles. The van der Waals surface area contributed by atoms with Crippen LogP contribution < -0.4 is 10.5 Å². The van der Waals surface area contributed by atoms with Gasteiger partial charge in [0, 0.05) is 22.9 Å². The molecule has 0 saturated heterocycles. The van der Waals surface area contributed by atoms with Crippen molar-refractivity contribution >= 4 is 17.3 Å². The van der Waals surface area contributed by atoms with Gasteiger partial charge in [-0.2, -0.15) is 0 Å². The van der Waals surface area contributed by atoms with Gasteiger partial charge in [0.1, 0.15) is 5.75 Å². The van der Waals surface area contributed by atoms with Gasteiger partial charge in [0.2, 0.25) is 5.78 Å². The molecular formula is C16H11NO3. The Morgan fingerprint density at radius 2 is 1.50 bits per heavy atom. The topological polar surface area (TPSA) is 69.4 Å². The van der Waals surface area contributed by atoms with Gasteiger partial charge >= 0.3 is 0 Å². The maximum absolute atomic E-state index is 12.3. The minimum Gasteiger partial charge on any atom is -0.453 e. The molecule has 20 heavy (non-hydrogen) atoms. The number of carbonyl (C=O) groups is 2. The number of nitrogens with two attached hydrogens (primary N) is 1. The van der Waals surface area contributed by atoms with Crippen LogP contribution in [0.1, 0.15) is 20.7 Å². The summed E-state index contributed by atoms with van der Waals surface area (Å²) in [7, 11) is 0. The van der Waals surface area contributed by atoms with Crippen LogP contribution in [0.15, 0.2) is 60.4 Å². The van der Waals surface area contributed by atoms with E-state index in [4.69, 9.17) is 10.5 Å². The summed E-state index contributed by atoms with van der Waals surface area (Å²) in [5.74, 6) is -0.0351. The van der Waals surface area contributed by atoms with Crippen molar-refractivity contribution in [1.82, 2.24) is 0 Å². The molecule has 0 heterocycles. The van der Waals surface area contributed by atoms with E-state index in [1.54, 1.807) is 48.5 Å². The smallest absolute Gasteiger partial charge is 0.229 e. The number of fused-ring (bicyclic) bond motifs is 1. The minimum absolute atomic E-state index is 0.0264. The molecule has 3 rings (SSSR count). The first-order valence-electron chi connectivity index (χ1n) is 6.08. The lowest BCUT2D eigenvalue weighted by Crippen LogP contribution is -2.20. The van der Waals surface area contributed by atoms with Crippen LogP contribution in [0.3, 0.4) is 0 Å². The third kappa shape index (κ3) is 2.07. The summed E-state index contributed by atoms with van der Waals surface area (Å²) in [4.78, 5) is 24.2. The fourth-order valence-corrected chi connectivity index (χ4v) is 2.03. The second kappa shape index (κ2) is 4.66. The molecule has 1 aliphatic rings. The van der Waals surface area contributed by atoms with Gasteiger partial charge in [0.05, 0.1) is 0 Å². The molecule has 0 spiro atoms. The van der Waals surface area contributed by atoms with E-state index in [0.717, 1.165) is 0 Å². The van der Waals surface area contributed by atoms with Gasteiger partial charge in [-0.3, -0.25) is 9.59 Å². The summed E-state index contributed by atoms with van der Waals surface area (Å²) in [6.07, 6.45) is 1.22. The summed E-state index contributed by atoms with van der Waals surface area (Å²) in [6, 6.07) is 13.3. The molecule has 98 valence electrons. The number of ether oxygens (including phenoxy) is 1. The van der Waals surface area contributed by atoms with Gasteiger partial charge in [-0.1, -0.05) is 24.3 Å². The van der Waals surface area contributed by atoms with E-state index < -0.39 is 0 Å². The second-order valence-electron chi connectivity index (χ2n) is 4.42. The third-order valence-electron chi connectivity index (χ3n) is 3.03. The highest BCUT2D eigenvalue weighted by Gasteiger charge is 2.26. The first-order valence-corrected chi connectivity index (χ1v) is 6.08. The SMILES string of the molecule is Nc1ccc(OC2=CC(=O)c3ccccc3C2=O)cc1. The summed E-state index contributed by atoms with van der Waals surface area (Å²) in [5.41, 5.74) is 6.95. The Morgan fingerprint density at radius 3 is 2.20 bits per heavy atom. The van der Waals surface area contributed by atoms with E-state index in [1.807, 2.05) is 0 Å². The molecule has 0 amide bonds. The van der Waals surface area contributed by atoms with Gasteiger partial charge in [-0.15, -0.1) is 0 Å². The molecule has 2 N–H and O–H groups in total. The lowest BCUT2D eigenvalue weighted by molar-refractivity contribution is 0.0947. The number of anilines is 1. The quantitative estimate of drug-likeness (QED) is 0.847. The highest BCUT2D eigenvalue weighted by Crippen LogP contribution is 2.24. The molecule has 0 unspecified atom stereocenters. The van der Waals surface area contributed by atoms with Crippen LogP contribution in [0, 0.1) is 0 Å². The van der Waals surface area contributed by atoms with E-state index in [2.05, 4.69) is 0 Å². The molecule has 4 heteroatoms. The van der Waals surface area contributed by atoms with Crippen molar-refractivity contribution < 1.29 is 14.3 Å². The second-order valence-corrected chi connectivity index (χ2v) is 4.42. The average Bonchev–Trinajstić information content (AvgIpc) is 2.47. The minimum atomic E-state index is -0.294. The van der Waals surface area contributed by atoms with Crippen molar-refractivity contribution in [3.05, 3.63) is 71.5 Å². The molecule has 2 aromatic carbocycles. The first-order chi connectivity index (χ1) is 9.65. The molecule has 0 bridgehead atoms. The molecule has 0 radical (unpaired) electrons. The third-order valence-corrected chi connectivity index (χ3v) is 3.03. The number of ketones is 2. The number of carbonyl (C=O) groups excluding carboxylic acids is 2. The molecule has 0 aliphatic heterocycles. The Kier molecular flexibility index (Phi) is 2.84. The number of hydrogen-bond donors (Lipinski definition) is 1. The fourth-order valence-electron chi connectivity index (χ4n) is 2.03. The standard InChI is InChI=1S/C16H11NO3/c17-10-5-7-11(8-6-10)20-15-9-14(18)12-3-1-2-4-13(12)16(15)19/h1-9H,17H2. The summed E-state index contributed by atoms with van der Waals surface area (Å²) >= 11 is 0. The van der Waals surface area contributed by atoms with Crippen LogP contribution in [0.2, 0.25) is 0 Å². The van der Waals surface area contributed by atoms with Crippen LogP contribution in [-0.2, 0) is 0 Å².